The average Bonchev–Trinajstić information content (AvgIpc) is 3.26. The van der Waals surface area contributed by atoms with Gasteiger partial charge in [0.05, 0.1) is 5.56 Å². The highest BCUT2D eigenvalue weighted by molar-refractivity contribution is 9.10. The minimum absolute atomic E-state index is 0.121. The summed E-state index contributed by atoms with van der Waals surface area (Å²) in [6.07, 6.45) is 1.61. The van der Waals surface area contributed by atoms with E-state index in [-0.39, 0.29) is 12.5 Å². The van der Waals surface area contributed by atoms with Crippen LogP contribution in [0, 0.1) is 0 Å². The topological polar surface area (TPSA) is 76.7 Å². The Bertz CT molecular complexity index is 1150. The van der Waals surface area contributed by atoms with Crippen LogP contribution >= 0.6 is 15.9 Å². The molecule has 1 heterocycles. The van der Waals surface area contributed by atoms with Crippen molar-refractivity contribution in [2.75, 3.05) is 6.79 Å². The summed E-state index contributed by atoms with van der Waals surface area (Å²) in [6, 6.07) is 21.9. The molecule has 0 atom stereocenters. The van der Waals surface area contributed by atoms with Crippen LogP contribution in [0.3, 0.4) is 0 Å². The normalized spacial score (nSPS) is 12.4. The highest BCUT2D eigenvalue weighted by atomic mass is 79.9. The van der Waals surface area contributed by atoms with Gasteiger partial charge < -0.3 is 20.1 Å². The van der Waals surface area contributed by atoms with Crippen molar-refractivity contribution in [1.29, 1.82) is 0 Å². The molecule has 156 valence electrons. The number of ether oxygens (including phenoxy) is 2. The molecule has 1 aliphatic rings. The SMILES string of the molecule is O=C(NCc1ccccc1)/C(=C/c1ccc2c(c1)OCO2)NC(=O)c1ccccc1Br. The summed E-state index contributed by atoms with van der Waals surface area (Å²) < 4.78 is 11.4. The highest BCUT2D eigenvalue weighted by Gasteiger charge is 2.18. The second-order valence-electron chi connectivity index (χ2n) is 6.77. The van der Waals surface area contributed by atoms with Crippen LogP contribution in [0.4, 0.5) is 0 Å². The minimum atomic E-state index is -0.401. The van der Waals surface area contributed by atoms with E-state index in [2.05, 4.69) is 26.6 Å². The number of carbonyl (C=O) groups is 2. The van der Waals surface area contributed by atoms with Crippen LogP contribution < -0.4 is 20.1 Å². The molecular weight excluding hydrogens is 460 g/mol. The first-order valence-corrected chi connectivity index (χ1v) is 10.4. The van der Waals surface area contributed by atoms with Gasteiger partial charge in [-0.3, -0.25) is 9.59 Å². The second-order valence-corrected chi connectivity index (χ2v) is 7.63. The number of rotatable bonds is 6. The summed E-state index contributed by atoms with van der Waals surface area (Å²) in [5.41, 5.74) is 2.20. The molecule has 2 N–H and O–H groups in total. The second kappa shape index (κ2) is 9.49. The van der Waals surface area contributed by atoms with Gasteiger partial charge >= 0.3 is 0 Å². The predicted octanol–water partition coefficient (Wildman–Crippen LogP) is 4.27. The Morgan fingerprint density at radius 3 is 2.48 bits per heavy atom. The number of halogens is 1. The first-order valence-electron chi connectivity index (χ1n) is 9.59. The number of carbonyl (C=O) groups excluding carboxylic acids is 2. The summed E-state index contributed by atoms with van der Waals surface area (Å²) in [5.74, 6) is 0.440. The van der Waals surface area contributed by atoms with Gasteiger partial charge in [-0.15, -0.1) is 0 Å². The van der Waals surface area contributed by atoms with Gasteiger partial charge in [0.25, 0.3) is 11.8 Å². The quantitative estimate of drug-likeness (QED) is 0.518. The summed E-state index contributed by atoms with van der Waals surface area (Å²) in [4.78, 5) is 25.8. The van der Waals surface area contributed by atoms with Gasteiger partial charge in [0.2, 0.25) is 6.79 Å². The highest BCUT2D eigenvalue weighted by Crippen LogP contribution is 2.33. The van der Waals surface area contributed by atoms with Crippen LogP contribution in [0.1, 0.15) is 21.5 Å². The summed E-state index contributed by atoms with van der Waals surface area (Å²) >= 11 is 3.37. The summed E-state index contributed by atoms with van der Waals surface area (Å²) in [6.45, 7) is 0.495. The van der Waals surface area contributed by atoms with Crippen LogP contribution in [0.15, 0.2) is 83.0 Å². The van der Waals surface area contributed by atoms with Gasteiger partial charge in [-0.1, -0.05) is 48.5 Å². The minimum Gasteiger partial charge on any atom is -0.454 e. The number of hydrogen-bond acceptors (Lipinski definition) is 4. The number of fused-ring (bicyclic) bond motifs is 1. The maximum absolute atomic E-state index is 12.9. The molecule has 31 heavy (non-hydrogen) atoms. The third-order valence-electron chi connectivity index (χ3n) is 4.61. The van der Waals surface area contributed by atoms with E-state index in [1.807, 2.05) is 36.4 Å². The van der Waals surface area contributed by atoms with Crippen molar-refractivity contribution < 1.29 is 19.1 Å². The molecule has 0 unspecified atom stereocenters. The fourth-order valence-electron chi connectivity index (χ4n) is 3.04. The Morgan fingerprint density at radius 1 is 0.935 bits per heavy atom. The fourth-order valence-corrected chi connectivity index (χ4v) is 3.50. The largest absolute Gasteiger partial charge is 0.454 e. The predicted molar refractivity (Wildman–Crippen MR) is 120 cm³/mol. The molecule has 1 aliphatic heterocycles. The molecule has 0 saturated carbocycles. The van der Waals surface area contributed by atoms with Gasteiger partial charge in [0, 0.05) is 11.0 Å². The zero-order valence-electron chi connectivity index (χ0n) is 16.4. The monoisotopic (exact) mass is 478 g/mol. The standard InChI is InChI=1S/C24H19BrN2O4/c25-19-9-5-4-8-18(19)23(28)27-20(24(29)26-14-16-6-2-1-3-7-16)12-17-10-11-21-22(13-17)31-15-30-21/h1-13H,14-15H2,(H,26,29)(H,27,28)/b20-12-. The third-order valence-corrected chi connectivity index (χ3v) is 5.31. The van der Waals surface area contributed by atoms with Gasteiger partial charge in [-0.25, -0.2) is 0 Å². The van der Waals surface area contributed by atoms with Crippen molar-refractivity contribution in [3.63, 3.8) is 0 Å². The molecule has 6 nitrogen and oxygen atoms in total. The Balaban J connectivity index is 1.59. The van der Waals surface area contributed by atoms with Crippen LogP contribution in [-0.4, -0.2) is 18.6 Å². The molecule has 0 saturated heterocycles. The summed E-state index contributed by atoms with van der Waals surface area (Å²) in [7, 11) is 0. The molecule has 3 aromatic rings. The molecule has 4 rings (SSSR count). The Kier molecular flexibility index (Phi) is 6.33. The lowest BCUT2D eigenvalue weighted by atomic mass is 10.1. The maximum atomic E-state index is 12.9. The average molecular weight is 479 g/mol. The Labute approximate surface area is 188 Å². The van der Waals surface area contributed by atoms with Gasteiger partial charge in [-0.2, -0.15) is 0 Å². The molecule has 0 fully saturated rings. The maximum Gasteiger partial charge on any atom is 0.268 e. The number of nitrogens with one attached hydrogen (secondary N) is 2. The zero-order chi connectivity index (χ0) is 21.6. The van der Waals surface area contributed by atoms with Crippen LogP contribution in [0.5, 0.6) is 11.5 Å². The lowest BCUT2D eigenvalue weighted by Gasteiger charge is -2.12. The Hall–Kier alpha value is -3.58. The van der Waals surface area contributed by atoms with E-state index >= 15 is 0 Å². The van der Waals surface area contributed by atoms with Gasteiger partial charge in [0.15, 0.2) is 11.5 Å². The number of benzene rings is 3. The van der Waals surface area contributed by atoms with Crippen molar-refractivity contribution in [2.24, 2.45) is 0 Å². The molecular formula is C24H19BrN2O4. The summed E-state index contributed by atoms with van der Waals surface area (Å²) in [5, 5.41) is 5.59. The zero-order valence-corrected chi connectivity index (χ0v) is 18.0. The molecule has 0 aromatic heterocycles. The molecule has 0 bridgehead atoms. The molecule has 3 aromatic carbocycles. The van der Waals surface area contributed by atoms with E-state index in [4.69, 9.17) is 9.47 Å². The molecule has 0 spiro atoms. The van der Waals surface area contributed by atoms with Crippen molar-refractivity contribution in [2.45, 2.75) is 6.54 Å². The first kappa shape index (κ1) is 20.7. The van der Waals surface area contributed by atoms with Crippen LogP contribution in [0.25, 0.3) is 6.08 Å². The van der Waals surface area contributed by atoms with Crippen molar-refractivity contribution in [3.05, 3.63) is 99.7 Å². The fraction of sp³-hybridized carbons (Fsp3) is 0.0833. The molecule has 0 radical (unpaired) electrons. The van der Waals surface area contributed by atoms with Crippen molar-refractivity contribution in [3.8, 4) is 11.5 Å². The van der Waals surface area contributed by atoms with E-state index in [9.17, 15) is 9.59 Å². The van der Waals surface area contributed by atoms with Crippen LogP contribution in [-0.2, 0) is 11.3 Å². The lowest BCUT2D eigenvalue weighted by Crippen LogP contribution is -2.34. The Morgan fingerprint density at radius 2 is 1.68 bits per heavy atom. The van der Waals surface area contributed by atoms with Crippen molar-refractivity contribution >= 4 is 33.8 Å². The van der Waals surface area contributed by atoms with E-state index in [1.54, 1.807) is 42.5 Å². The van der Waals surface area contributed by atoms with E-state index in [0.29, 0.717) is 33.6 Å². The molecule has 0 aliphatic carbocycles. The van der Waals surface area contributed by atoms with Gasteiger partial charge in [-0.05, 0) is 57.4 Å². The smallest absolute Gasteiger partial charge is 0.268 e. The van der Waals surface area contributed by atoms with Crippen molar-refractivity contribution in [1.82, 2.24) is 10.6 Å². The molecule has 7 heteroatoms. The number of hydrogen-bond donors (Lipinski definition) is 2. The van der Waals surface area contributed by atoms with E-state index in [1.165, 1.54) is 0 Å². The lowest BCUT2D eigenvalue weighted by molar-refractivity contribution is -0.117. The first-order chi connectivity index (χ1) is 15.1. The van der Waals surface area contributed by atoms with Gasteiger partial charge in [0.1, 0.15) is 5.70 Å². The van der Waals surface area contributed by atoms with E-state index in [0.717, 1.165) is 5.56 Å². The van der Waals surface area contributed by atoms with E-state index < -0.39 is 11.8 Å². The molecule has 2 amide bonds. The van der Waals surface area contributed by atoms with Crippen LogP contribution in [0.2, 0.25) is 0 Å². The third kappa shape index (κ3) is 5.13. The number of amides is 2.